The van der Waals surface area contributed by atoms with Gasteiger partial charge in [-0.2, -0.15) is 4.84 Å². The van der Waals surface area contributed by atoms with Crippen LogP contribution < -0.4 is 0 Å². The lowest BCUT2D eigenvalue weighted by Crippen LogP contribution is -2.52. The topological polar surface area (TPSA) is 29.5 Å². The van der Waals surface area contributed by atoms with Crippen molar-refractivity contribution < 1.29 is 14.3 Å². The maximum absolute atomic E-state index is 12.1. The molecule has 1 unspecified atom stereocenters. The van der Waals surface area contributed by atoms with Crippen LogP contribution in [0.2, 0.25) is 0 Å². The highest BCUT2D eigenvalue weighted by molar-refractivity contribution is 5.64. The van der Waals surface area contributed by atoms with E-state index in [9.17, 15) is 4.79 Å². The summed E-state index contributed by atoms with van der Waals surface area (Å²) in [6.45, 7) is 4.33. The summed E-state index contributed by atoms with van der Waals surface area (Å²) in [6.07, 6.45) is 3.21. The third-order valence-electron chi connectivity index (χ3n) is 7.70. The van der Waals surface area contributed by atoms with E-state index in [2.05, 4.69) is 95.9 Å². The number of hydrogen-bond acceptors (Lipinski definition) is 3. The average molecular weight is 458 g/mol. The SMILES string of the molecule is CO[N+](C)(CCC1CCN(C(c2ccccc2)(c2ccccc2)c2ccccc2)CC1)C(C)=O. The molecule has 0 saturated carbocycles. The number of nitrogens with zero attached hydrogens (tertiary/aromatic N) is 2. The zero-order valence-corrected chi connectivity index (χ0v) is 20.7. The second-order valence-corrected chi connectivity index (χ2v) is 9.55. The van der Waals surface area contributed by atoms with E-state index in [4.69, 9.17) is 4.84 Å². The molecule has 0 aromatic heterocycles. The summed E-state index contributed by atoms with van der Waals surface area (Å²) in [5.41, 5.74) is 3.55. The van der Waals surface area contributed by atoms with Crippen molar-refractivity contribution in [3.63, 3.8) is 0 Å². The molecule has 34 heavy (non-hydrogen) atoms. The van der Waals surface area contributed by atoms with E-state index in [1.54, 1.807) is 14.0 Å². The summed E-state index contributed by atoms with van der Waals surface area (Å²) >= 11 is 0. The van der Waals surface area contributed by atoms with Gasteiger partial charge in [0.25, 0.3) is 0 Å². The Morgan fingerprint density at radius 3 is 1.62 bits per heavy atom. The molecule has 0 bridgehead atoms. The average Bonchev–Trinajstić information content (AvgIpc) is 2.90. The van der Waals surface area contributed by atoms with Gasteiger partial charge in [-0.05, 0) is 48.5 Å². The maximum Gasteiger partial charge on any atom is 0.342 e. The second kappa shape index (κ2) is 10.6. The molecule has 4 nitrogen and oxygen atoms in total. The lowest BCUT2D eigenvalue weighted by molar-refractivity contribution is -1.02. The Morgan fingerprint density at radius 1 is 0.853 bits per heavy atom. The Kier molecular flexibility index (Phi) is 7.62. The largest absolute Gasteiger partial charge is 0.342 e. The molecule has 178 valence electrons. The first-order valence-electron chi connectivity index (χ1n) is 12.3. The van der Waals surface area contributed by atoms with Crippen molar-refractivity contribution in [2.24, 2.45) is 5.92 Å². The Morgan fingerprint density at radius 2 is 1.26 bits per heavy atom. The van der Waals surface area contributed by atoms with E-state index in [0.717, 1.165) is 38.9 Å². The number of carbonyl (C=O) groups is 1. The Balaban J connectivity index is 1.66. The molecule has 0 aliphatic carbocycles. The fourth-order valence-electron chi connectivity index (χ4n) is 5.45. The minimum Gasteiger partial charge on any atom is -0.286 e. The van der Waals surface area contributed by atoms with Crippen molar-refractivity contribution in [1.29, 1.82) is 0 Å². The van der Waals surface area contributed by atoms with Gasteiger partial charge in [0.05, 0.1) is 19.6 Å². The third-order valence-corrected chi connectivity index (χ3v) is 7.70. The molecule has 0 radical (unpaired) electrons. The Bertz CT molecular complexity index is 950. The molecule has 1 fully saturated rings. The summed E-state index contributed by atoms with van der Waals surface area (Å²) in [5.74, 6) is 0.638. The van der Waals surface area contributed by atoms with Crippen molar-refractivity contribution in [2.45, 2.75) is 31.7 Å². The highest BCUT2D eigenvalue weighted by Crippen LogP contribution is 2.44. The van der Waals surface area contributed by atoms with E-state index in [1.165, 1.54) is 16.7 Å². The Labute approximate surface area is 204 Å². The van der Waals surface area contributed by atoms with Crippen LogP contribution in [0, 0.1) is 5.92 Å². The molecule has 1 heterocycles. The zero-order chi connectivity index (χ0) is 24.0. The van der Waals surface area contributed by atoms with Gasteiger partial charge in [-0.25, -0.2) is 4.79 Å². The summed E-state index contributed by atoms with van der Waals surface area (Å²) in [7, 11) is 3.49. The second-order valence-electron chi connectivity index (χ2n) is 9.55. The number of likely N-dealkylation sites (tertiary alicyclic amines) is 1. The molecule has 1 saturated heterocycles. The summed E-state index contributed by atoms with van der Waals surface area (Å²) < 4.78 is 0.0438. The molecule has 1 atom stereocenters. The molecular weight excluding hydrogens is 420 g/mol. The molecule has 1 amide bonds. The quantitative estimate of drug-likeness (QED) is 0.249. The van der Waals surface area contributed by atoms with Crippen LogP contribution in [0.15, 0.2) is 91.0 Å². The highest BCUT2D eigenvalue weighted by atomic mass is 16.7. The van der Waals surface area contributed by atoms with E-state index < -0.39 is 0 Å². The van der Waals surface area contributed by atoms with Gasteiger partial charge >= 0.3 is 5.91 Å². The van der Waals surface area contributed by atoms with Gasteiger partial charge < -0.3 is 0 Å². The van der Waals surface area contributed by atoms with Crippen LogP contribution >= 0.6 is 0 Å². The van der Waals surface area contributed by atoms with E-state index in [1.807, 2.05) is 7.05 Å². The summed E-state index contributed by atoms with van der Waals surface area (Å²) in [4.78, 5) is 20.2. The van der Waals surface area contributed by atoms with Crippen LogP contribution in [0.25, 0.3) is 0 Å². The number of piperidine rings is 1. The van der Waals surface area contributed by atoms with Gasteiger partial charge in [0.2, 0.25) is 0 Å². The highest BCUT2D eigenvalue weighted by Gasteiger charge is 2.43. The minimum absolute atomic E-state index is 0.0438. The van der Waals surface area contributed by atoms with Crippen LogP contribution in [0.3, 0.4) is 0 Å². The minimum atomic E-state index is -0.342. The molecule has 1 aliphatic rings. The predicted molar refractivity (Wildman–Crippen MR) is 137 cm³/mol. The monoisotopic (exact) mass is 457 g/mol. The number of amides is 1. The number of quaternary nitrogens is 1. The maximum atomic E-state index is 12.1. The van der Waals surface area contributed by atoms with Crippen LogP contribution in [0.4, 0.5) is 0 Å². The normalized spacial score (nSPS) is 17.3. The van der Waals surface area contributed by atoms with Crippen molar-refractivity contribution >= 4 is 5.91 Å². The van der Waals surface area contributed by atoms with Crippen molar-refractivity contribution in [3.05, 3.63) is 108 Å². The van der Waals surface area contributed by atoms with Crippen LogP contribution in [0.1, 0.15) is 42.9 Å². The first-order valence-corrected chi connectivity index (χ1v) is 12.3. The summed E-state index contributed by atoms with van der Waals surface area (Å²) in [5, 5.41) is 0. The van der Waals surface area contributed by atoms with Gasteiger partial charge in [0, 0.05) is 6.42 Å². The van der Waals surface area contributed by atoms with E-state index in [0.29, 0.717) is 5.92 Å². The fraction of sp³-hybridized carbons (Fsp3) is 0.367. The molecule has 0 N–H and O–H groups in total. The lowest BCUT2D eigenvalue weighted by atomic mass is 9.74. The zero-order valence-electron chi connectivity index (χ0n) is 20.7. The number of rotatable bonds is 8. The molecule has 1 aliphatic heterocycles. The Hall–Kier alpha value is -2.79. The van der Waals surface area contributed by atoms with Crippen LogP contribution in [-0.4, -0.2) is 49.2 Å². The van der Waals surface area contributed by atoms with Gasteiger partial charge in [0.1, 0.15) is 13.6 Å². The van der Waals surface area contributed by atoms with Crippen LogP contribution in [-0.2, 0) is 15.2 Å². The number of benzene rings is 3. The van der Waals surface area contributed by atoms with Gasteiger partial charge in [-0.15, -0.1) is 4.65 Å². The van der Waals surface area contributed by atoms with Crippen LogP contribution in [0.5, 0.6) is 0 Å². The first kappa shape index (κ1) is 24.3. The van der Waals surface area contributed by atoms with E-state index >= 15 is 0 Å². The molecule has 4 rings (SSSR count). The molecule has 3 aromatic carbocycles. The molecule has 3 aromatic rings. The van der Waals surface area contributed by atoms with E-state index in [-0.39, 0.29) is 16.1 Å². The smallest absolute Gasteiger partial charge is 0.286 e. The van der Waals surface area contributed by atoms with Gasteiger partial charge in [-0.1, -0.05) is 91.0 Å². The fourth-order valence-corrected chi connectivity index (χ4v) is 5.45. The van der Waals surface area contributed by atoms with Crippen molar-refractivity contribution in [2.75, 3.05) is 33.8 Å². The van der Waals surface area contributed by atoms with Crippen molar-refractivity contribution in [1.82, 2.24) is 4.90 Å². The van der Waals surface area contributed by atoms with Gasteiger partial charge in [-0.3, -0.25) is 4.90 Å². The number of hydroxylamine groups is 3. The van der Waals surface area contributed by atoms with Crippen molar-refractivity contribution in [3.8, 4) is 0 Å². The molecule has 0 spiro atoms. The third kappa shape index (κ3) is 4.72. The number of hydrogen-bond donors (Lipinski definition) is 0. The summed E-state index contributed by atoms with van der Waals surface area (Å²) in [6, 6.07) is 32.7. The molecular formula is C30H37N2O2+. The molecule has 4 heteroatoms. The van der Waals surface area contributed by atoms with Gasteiger partial charge in [0.15, 0.2) is 0 Å². The first-order chi connectivity index (χ1) is 16.5. The predicted octanol–water partition coefficient (Wildman–Crippen LogP) is 5.64. The standard InChI is InChI=1S/C30H37N2O2/c1-25(33)32(2,34-3)24-21-26-19-22-31(23-20-26)30(27-13-7-4-8-14-27,28-15-9-5-10-16-28)29-17-11-6-12-18-29/h4-18,26H,19-24H2,1-3H3/q+1. The number of carbonyl (C=O) groups excluding carboxylic acids is 1. The lowest BCUT2D eigenvalue weighted by Gasteiger charge is -2.48.